The van der Waals surface area contributed by atoms with Crippen molar-refractivity contribution < 1.29 is 14.3 Å². The molecule has 7 nitrogen and oxygen atoms in total. The SMILES string of the molecule is COc1ccc(N2CCC(N(C)C(=O)n3cnc(-c4ccc(OCc5ccccc5)cc4)c3)CC2)cc1. The number of nitrogens with zero attached hydrogens (tertiary/aromatic N) is 4. The monoisotopic (exact) mass is 496 g/mol. The van der Waals surface area contributed by atoms with Gasteiger partial charge >= 0.3 is 6.03 Å². The third-order valence-electron chi connectivity index (χ3n) is 6.95. The molecule has 1 aliphatic rings. The van der Waals surface area contributed by atoms with Crippen molar-refractivity contribution in [2.24, 2.45) is 0 Å². The summed E-state index contributed by atoms with van der Waals surface area (Å²) < 4.78 is 12.7. The molecule has 190 valence electrons. The molecule has 0 radical (unpaired) electrons. The van der Waals surface area contributed by atoms with E-state index in [2.05, 4.69) is 22.0 Å². The van der Waals surface area contributed by atoms with Crippen LogP contribution in [0.1, 0.15) is 18.4 Å². The Hall–Kier alpha value is -4.26. The number of benzene rings is 3. The maximum atomic E-state index is 13.2. The second kappa shape index (κ2) is 11.2. The number of hydrogen-bond donors (Lipinski definition) is 0. The van der Waals surface area contributed by atoms with E-state index in [1.54, 1.807) is 24.2 Å². The van der Waals surface area contributed by atoms with Gasteiger partial charge in [0.25, 0.3) is 0 Å². The number of piperidine rings is 1. The van der Waals surface area contributed by atoms with E-state index in [0.29, 0.717) is 6.61 Å². The minimum absolute atomic E-state index is 0.0653. The van der Waals surface area contributed by atoms with Gasteiger partial charge in [-0.1, -0.05) is 30.3 Å². The first kappa shape index (κ1) is 24.4. The van der Waals surface area contributed by atoms with Crippen LogP contribution in [0.15, 0.2) is 91.4 Å². The Morgan fingerprint density at radius 1 is 0.946 bits per heavy atom. The summed E-state index contributed by atoms with van der Waals surface area (Å²) in [5.74, 6) is 1.65. The third kappa shape index (κ3) is 5.77. The van der Waals surface area contributed by atoms with Crippen molar-refractivity contribution in [1.29, 1.82) is 0 Å². The number of amides is 1. The van der Waals surface area contributed by atoms with Gasteiger partial charge in [0.15, 0.2) is 0 Å². The second-order valence-electron chi connectivity index (χ2n) is 9.27. The Morgan fingerprint density at radius 3 is 2.30 bits per heavy atom. The minimum Gasteiger partial charge on any atom is -0.497 e. The highest BCUT2D eigenvalue weighted by Gasteiger charge is 2.26. The fourth-order valence-corrected chi connectivity index (χ4v) is 4.68. The zero-order valence-corrected chi connectivity index (χ0v) is 21.3. The van der Waals surface area contributed by atoms with Crippen LogP contribution in [0.2, 0.25) is 0 Å². The number of imidazole rings is 1. The van der Waals surface area contributed by atoms with Crippen molar-refractivity contribution in [2.75, 3.05) is 32.1 Å². The Bertz CT molecular complexity index is 1290. The average molecular weight is 497 g/mol. The molecule has 3 aromatic carbocycles. The molecule has 0 spiro atoms. The molecule has 0 aliphatic carbocycles. The third-order valence-corrected chi connectivity index (χ3v) is 6.95. The fraction of sp³-hybridized carbons (Fsp3) is 0.267. The van der Waals surface area contributed by atoms with Gasteiger partial charge in [0.1, 0.15) is 24.4 Å². The van der Waals surface area contributed by atoms with Crippen LogP contribution in [-0.2, 0) is 6.61 Å². The zero-order chi connectivity index (χ0) is 25.6. The first-order valence-electron chi connectivity index (χ1n) is 12.6. The molecule has 0 atom stereocenters. The summed E-state index contributed by atoms with van der Waals surface area (Å²) in [5.41, 5.74) is 4.00. The van der Waals surface area contributed by atoms with Crippen molar-refractivity contribution in [3.05, 3.63) is 97.0 Å². The quantitative estimate of drug-likeness (QED) is 0.328. The number of rotatable bonds is 7. The molecule has 2 heterocycles. The lowest BCUT2D eigenvalue weighted by Gasteiger charge is -2.37. The Kier molecular flexibility index (Phi) is 7.40. The Labute approximate surface area is 217 Å². The maximum absolute atomic E-state index is 13.2. The van der Waals surface area contributed by atoms with E-state index >= 15 is 0 Å². The highest BCUT2D eigenvalue weighted by Crippen LogP contribution is 2.25. The van der Waals surface area contributed by atoms with Crippen molar-refractivity contribution in [1.82, 2.24) is 14.5 Å². The van der Waals surface area contributed by atoms with Crippen LogP contribution < -0.4 is 14.4 Å². The molecule has 1 aromatic heterocycles. The summed E-state index contributed by atoms with van der Waals surface area (Å²) in [5, 5.41) is 0. The number of carbonyl (C=O) groups excluding carboxylic acids is 1. The molecule has 1 fully saturated rings. The predicted octanol–water partition coefficient (Wildman–Crippen LogP) is 5.71. The summed E-state index contributed by atoms with van der Waals surface area (Å²) >= 11 is 0. The summed E-state index contributed by atoms with van der Waals surface area (Å²) in [4.78, 5) is 21.9. The number of methoxy groups -OCH3 is 1. The van der Waals surface area contributed by atoms with Gasteiger partial charge < -0.3 is 19.3 Å². The lowest BCUT2D eigenvalue weighted by molar-refractivity contribution is 0.181. The molecule has 1 aliphatic heterocycles. The highest BCUT2D eigenvalue weighted by atomic mass is 16.5. The molecule has 0 unspecified atom stereocenters. The summed E-state index contributed by atoms with van der Waals surface area (Å²) in [6, 6.07) is 26.1. The molecule has 5 rings (SSSR count). The summed E-state index contributed by atoms with van der Waals surface area (Å²) in [6.07, 6.45) is 5.23. The van der Waals surface area contributed by atoms with Crippen LogP contribution in [0.3, 0.4) is 0 Å². The lowest BCUT2D eigenvalue weighted by Crippen LogP contribution is -2.46. The molecular weight excluding hydrogens is 464 g/mol. The first-order chi connectivity index (χ1) is 18.1. The molecule has 0 N–H and O–H groups in total. The summed E-state index contributed by atoms with van der Waals surface area (Å²) in [7, 11) is 3.56. The normalized spacial score (nSPS) is 13.8. The van der Waals surface area contributed by atoms with Gasteiger partial charge in [-0.3, -0.25) is 4.57 Å². The van der Waals surface area contributed by atoms with Crippen LogP contribution >= 0.6 is 0 Å². The van der Waals surface area contributed by atoms with E-state index < -0.39 is 0 Å². The highest BCUT2D eigenvalue weighted by molar-refractivity contribution is 5.78. The largest absolute Gasteiger partial charge is 0.497 e. The molecule has 0 bridgehead atoms. The number of aromatic nitrogens is 2. The Morgan fingerprint density at radius 2 is 1.62 bits per heavy atom. The van der Waals surface area contributed by atoms with E-state index in [-0.39, 0.29) is 12.1 Å². The van der Waals surface area contributed by atoms with Gasteiger partial charge in [0.05, 0.1) is 12.8 Å². The molecule has 37 heavy (non-hydrogen) atoms. The van der Waals surface area contributed by atoms with Crippen LogP contribution in [0, 0.1) is 0 Å². The van der Waals surface area contributed by atoms with Crippen LogP contribution in [0.4, 0.5) is 10.5 Å². The number of hydrogen-bond acceptors (Lipinski definition) is 5. The van der Waals surface area contributed by atoms with E-state index in [1.165, 1.54) is 5.69 Å². The van der Waals surface area contributed by atoms with Gasteiger partial charge in [0, 0.05) is 43.6 Å². The minimum atomic E-state index is -0.0653. The van der Waals surface area contributed by atoms with Gasteiger partial charge in [-0.15, -0.1) is 0 Å². The fourth-order valence-electron chi connectivity index (χ4n) is 4.68. The predicted molar refractivity (Wildman–Crippen MR) is 145 cm³/mol. The molecule has 7 heteroatoms. The maximum Gasteiger partial charge on any atom is 0.329 e. The molecule has 4 aromatic rings. The van der Waals surface area contributed by atoms with Crippen LogP contribution in [-0.4, -0.2) is 53.8 Å². The van der Waals surface area contributed by atoms with Gasteiger partial charge in [-0.05, 0) is 66.9 Å². The molecule has 1 saturated heterocycles. The van der Waals surface area contributed by atoms with E-state index in [1.807, 2.05) is 78.7 Å². The van der Waals surface area contributed by atoms with E-state index in [9.17, 15) is 4.79 Å². The molecular formula is C30H32N4O3. The Balaban J connectivity index is 1.15. The smallest absolute Gasteiger partial charge is 0.329 e. The van der Waals surface area contributed by atoms with Crippen LogP contribution in [0.5, 0.6) is 11.5 Å². The first-order valence-corrected chi connectivity index (χ1v) is 12.6. The van der Waals surface area contributed by atoms with Gasteiger partial charge in [-0.2, -0.15) is 0 Å². The lowest BCUT2D eigenvalue weighted by atomic mass is 10.0. The number of ether oxygens (including phenoxy) is 2. The van der Waals surface area contributed by atoms with Crippen molar-refractivity contribution in [3.63, 3.8) is 0 Å². The number of anilines is 1. The molecule has 0 saturated carbocycles. The standard InChI is InChI=1S/C30H32N4O3/c1-32(25-16-18-33(19-17-25)26-10-14-27(36-2)15-11-26)30(35)34-20-29(31-22-34)24-8-12-28(13-9-24)37-21-23-6-4-3-5-7-23/h3-15,20,22,25H,16-19,21H2,1-2H3. The van der Waals surface area contributed by atoms with Crippen molar-refractivity contribution in [3.8, 4) is 22.8 Å². The molecule has 1 amide bonds. The van der Waals surface area contributed by atoms with Crippen molar-refractivity contribution >= 4 is 11.7 Å². The van der Waals surface area contributed by atoms with Gasteiger partial charge in [0.2, 0.25) is 0 Å². The van der Waals surface area contributed by atoms with Gasteiger partial charge in [-0.25, -0.2) is 9.78 Å². The number of carbonyl (C=O) groups is 1. The van der Waals surface area contributed by atoms with Crippen LogP contribution in [0.25, 0.3) is 11.3 Å². The van der Waals surface area contributed by atoms with Crippen molar-refractivity contribution in [2.45, 2.75) is 25.5 Å². The summed E-state index contributed by atoms with van der Waals surface area (Å²) in [6.45, 7) is 2.33. The average Bonchev–Trinajstić information content (AvgIpc) is 3.47. The second-order valence-corrected chi connectivity index (χ2v) is 9.27. The topological polar surface area (TPSA) is 59.8 Å². The van der Waals surface area contributed by atoms with E-state index in [0.717, 1.165) is 54.3 Å². The zero-order valence-electron chi connectivity index (χ0n) is 21.3. The van der Waals surface area contributed by atoms with E-state index in [4.69, 9.17) is 9.47 Å².